The van der Waals surface area contributed by atoms with Crippen LogP contribution in [0.2, 0.25) is 0 Å². The number of rotatable bonds is 4. The van der Waals surface area contributed by atoms with Gasteiger partial charge in [0.25, 0.3) is 0 Å². The van der Waals surface area contributed by atoms with Crippen molar-refractivity contribution in [2.45, 2.75) is 32.8 Å². The number of aliphatic hydroxyl groups is 1. The van der Waals surface area contributed by atoms with Crippen molar-refractivity contribution in [3.05, 3.63) is 29.8 Å². The highest BCUT2D eigenvalue weighted by atomic mass is 16.5. The standard InChI is InChI=1S/C14H23NO2/c1-14(2,3)13(16)12(9-15)10-5-7-11(17-4)8-6-10/h5-8,12-13,16H,9,15H2,1-4H3. The van der Waals surface area contributed by atoms with Gasteiger partial charge in [0.2, 0.25) is 0 Å². The predicted molar refractivity (Wildman–Crippen MR) is 70.3 cm³/mol. The van der Waals surface area contributed by atoms with E-state index in [1.54, 1.807) is 7.11 Å². The molecular weight excluding hydrogens is 214 g/mol. The van der Waals surface area contributed by atoms with Crippen LogP contribution < -0.4 is 10.5 Å². The lowest BCUT2D eigenvalue weighted by Crippen LogP contribution is -2.36. The molecule has 0 radical (unpaired) electrons. The fraction of sp³-hybridized carbons (Fsp3) is 0.571. The van der Waals surface area contributed by atoms with E-state index in [1.165, 1.54) is 0 Å². The second-order valence-corrected chi connectivity index (χ2v) is 5.43. The Kier molecular flexibility index (Phi) is 4.54. The Morgan fingerprint density at radius 3 is 2.12 bits per heavy atom. The van der Waals surface area contributed by atoms with Gasteiger partial charge in [0, 0.05) is 12.5 Å². The minimum Gasteiger partial charge on any atom is -0.497 e. The van der Waals surface area contributed by atoms with Crippen LogP contribution in [0.15, 0.2) is 24.3 Å². The first-order chi connectivity index (χ1) is 7.90. The number of aliphatic hydroxyl groups excluding tert-OH is 1. The molecule has 0 saturated heterocycles. The molecule has 0 aliphatic heterocycles. The summed E-state index contributed by atoms with van der Waals surface area (Å²) in [6.07, 6.45) is -0.458. The first-order valence-electron chi connectivity index (χ1n) is 5.92. The molecule has 0 bridgehead atoms. The smallest absolute Gasteiger partial charge is 0.118 e. The Labute approximate surface area is 104 Å². The van der Waals surface area contributed by atoms with E-state index in [0.717, 1.165) is 11.3 Å². The quantitative estimate of drug-likeness (QED) is 0.843. The van der Waals surface area contributed by atoms with Crippen LogP contribution in [0.1, 0.15) is 32.3 Å². The summed E-state index contributed by atoms with van der Waals surface area (Å²) in [6, 6.07) is 7.72. The fourth-order valence-electron chi connectivity index (χ4n) is 1.90. The molecule has 3 nitrogen and oxygen atoms in total. The van der Waals surface area contributed by atoms with Gasteiger partial charge in [-0.2, -0.15) is 0 Å². The Hall–Kier alpha value is -1.06. The summed E-state index contributed by atoms with van der Waals surface area (Å²) >= 11 is 0. The Balaban J connectivity index is 2.93. The van der Waals surface area contributed by atoms with Crippen molar-refractivity contribution in [3.8, 4) is 5.75 Å². The van der Waals surface area contributed by atoms with Crippen molar-refractivity contribution in [2.24, 2.45) is 11.1 Å². The third-order valence-electron chi connectivity index (χ3n) is 3.07. The van der Waals surface area contributed by atoms with Crippen molar-refractivity contribution < 1.29 is 9.84 Å². The van der Waals surface area contributed by atoms with Gasteiger partial charge in [-0.25, -0.2) is 0 Å². The summed E-state index contributed by atoms with van der Waals surface area (Å²) in [5, 5.41) is 10.3. The van der Waals surface area contributed by atoms with E-state index in [1.807, 2.05) is 45.0 Å². The zero-order valence-electron chi connectivity index (χ0n) is 11.1. The largest absolute Gasteiger partial charge is 0.497 e. The predicted octanol–water partition coefficient (Wildman–Crippen LogP) is 2.14. The van der Waals surface area contributed by atoms with Gasteiger partial charge in [0.05, 0.1) is 13.2 Å². The molecule has 0 amide bonds. The number of benzene rings is 1. The van der Waals surface area contributed by atoms with Gasteiger partial charge in [-0.15, -0.1) is 0 Å². The van der Waals surface area contributed by atoms with Crippen molar-refractivity contribution >= 4 is 0 Å². The number of hydrogen-bond acceptors (Lipinski definition) is 3. The van der Waals surface area contributed by atoms with Gasteiger partial charge >= 0.3 is 0 Å². The Morgan fingerprint density at radius 2 is 1.76 bits per heavy atom. The summed E-state index contributed by atoms with van der Waals surface area (Å²) in [6.45, 7) is 6.49. The molecule has 0 saturated carbocycles. The van der Waals surface area contributed by atoms with E-state index in [0.29, 0.717) is 6.54 Å². The Morgan fingerprint density at radius 1 is 1.24 bits per heavy atom. The van der Waals surface area contributed by atoms with Crippen LogP contribution in [0.5, 0.6) is 5.75 Å². The van der Waals surface area contributed by atoms with Crippen LogP contribution in [0.25, 0.3) is 0 Å². The van der Waals surface area contributed by atoms with E-state index >= 15 is 0 Å². The minimum atomic E-state index is -0.458. The first-order valence-corrected chi connectivity index (χ1v) is 5.92. The molecule has 0 fully saturated rings. The molecule has 1 aromatic rings. The lowest BCUT2D eigenvalue weighted by atomic mass is 9.78. The lowest BCUT2D eigenvalue weighted by Gasteiger charge is -2.32. The molecule has 0 aromatic heterocycles. The van der Waals surface area contributed by atoms with Gasteiger partial charge in [-0.05, 0) is 23.1 Å². The molecule has 0 spiro atoms. The normalized spacial score (nSPS) is 15.4. The maximum atomic E-state index is 10.3. The summed E-state index contributed by atoms with van der Waals surface area (Å²) in [5.41, 5.74) is 6.66. The molecule has 0 aliphatic carbocycles. The van der Waals surface area contributed by atoms with Crippen molar-refractivity contribution in [3.63, 3.8) is 0 Å². The van der Waals surface area contributed by atoms with E-state index in [2.05, 4.69) is 0 Å². The van der Waals surface area contributed by atoms with Crippen LogP contribution in [-0.4, -0.2) is 24.9 Å². The van der Waals surface area contributed by atoms with E-state index in [4.69, 9.17) is 10.5 Å². The highest BCUT2D eigenvalue weighted by Gasteiger charge is 2.30. The maximum Gasteiger partial charge on any atom is 0.118 e. The topological polar surface area (TPSA) is 55.5 Å². The first kappa shape index (κ1) is 14.0. The third kappa shape index (κ3) is 3.45. The second-order valence-electron chi connectivity index (χ2n) is 5.43. The molecule has 2 atom stereocenters. The average molecular weight is 237 g/mol. The van der Waals surface area contributed by atoms with Crippen molar-refractivity contribution in [2.75, 3.05) is 13.7 Å². The van der Waals surface area contributed by atoms with Crippen LogP contribution in [0, 0.1) is 5.41 Å². The summed E-state index contributed by atoms with van der Waals surface area (Å²) < 4.78 is 5.12. The van der Waals surface area contributed by atoms with Gasteiger partial charge < -0.3 is 15.6 Å². The highest BCUT2D eigenvalue weighted by molar-refractivity contribution is 5.30. The number of hydrogen-bond donors (Lipinski definition) is 2. The Bertz CT molecular complexity index is 340. The SMILES string of the molecule is COc1ccc(C(CN)C(O)C(C)(C)C)cc1. The monoisotopic (exact) mass is 237 g/mol. The highest BCUT2D eigenvalue weighted by Crippen LogP contribution is 2.31. The summed E-state index contributed by atoms with van der Waals surface area (Å²) in [5.74, 6) is 0.774. The van der Waals surface area contributed by atoms with Crippen LogP contribution in [0.4, 0.5) is 0 Å². The van der Waals surface area contributed by atoms with Gasteiger partial charge in [0.15, 0.2) is 0 Å². The molecule has 3 N–H and O–H groups in total. The maximum absolute atomic E-state index is 10.3. The number of nitrogens with two attached hydrogens (primary N) is 1. The lowest BCUT2D eigenvalue weighted by molar-refractivity contribution is 0.0407. The van der Waals surface area contributed by atoms with Crippen LogP contribution in [0.3, 0.4) is 0 Å². The van der Waals surface area contributed by atoms with Gasteiger partial charge in [-0.3, -0.25) is 0 Å². The summed E-state index contributed by atoms with van der Waals surface area (Å²) in [7, 11) is 1.64. The fourth-order valence-corrected chi connectivity index (χ4v) is 1.90. The minimum absolute atomic E-state index is 0.0408. The molecule has 17 heavy (non-hydrogen) atoms. The van der Waals surface area contributed by atoms with Crippen molar-refractivity contribution in [1.29, 1.82) is 0 Å². The van der Waals surface area contributed by atoms with E-state index in [-0.39, 0.29) is 11.3 Å². The zero-order chi connectivity index (χ0) is 13.1. The van der Waals surface area contributed by atoms with E-state index < -0.39 is 6.10 Å². The third-order valence-corrected chi connectivity index (χ3v) is 3.07. The summed E-state index contributed by atoms with van der Waals surface area (Å²) in [4.78, 5) is 0. The molecule has 1 rings (SSSR count). The second kappa shape index (κ2) is 5.52. The molecule has 2 unspecified atom stereocenters. The molecule has 0 aliphatic rings. The van der Waals surface area contributed by atoms with Crippen LogP contribution >= 0.6 is 0 Å². The number of ether oxygens (including phenoxy) is 1. The molecular formula is C14H23NO2. The zero-order valence-corrected chi connectivity index (χ0v) is 11.1. The van der Waals surface area contributed by atoms with Crippen molar-refractivity contribution in [1.82, 2.24) is 0 Å². The molecule has 96 valence electrons. The van der Waals surface area contributed by atoms with E-state index in [9.17, 15) is 5.11 Å². The van der Waals surface area contributed by atoms with Gasteiger partial charge in [-0.1, -0.05) is 32.9 Å². The number of methoxy groups -OCH3 is 1. The van der Waals surface area contributed by atoms with Gasteiger partial charge in [0.1, 0.15) is 5.75 Å². The molecule has 0 heterocycles. The van der Waals surface area contributed by atoms with Crippen LogP contribution in [-0.2, 0) is 0 Å². The average Bonchev–Trinajstić information content (AvgIpc) is 2.29. The molecule has 3 heteroatoms. The molecule has 1 aromatic carbocycles.